The van der Waals surface area contributed by atoms with Crippen LogP contribution >= 0.6 is 0 Å². The summed E-state index contributed by atoms with van der Waals surface area (Å²) in [5.74, 6) is -0.443. The monoisotopic (exact) mass is 506 g/mol. The molecule has 0 aromatic heterocycles. The van der Waals surface area contributed by atoms with Crippen LogP contribution in [0.15, 0.2) is 60.7 Å². The molecule has 2 aliphatic heterocycles. The Morgan fingerprint density at radius 3 is 2.35 bits per heavy atom. The van der Waals surface area contributed by atoms with Gasteiger partial charge in [-0.2, -0.15) is 0 Å². The first kappa shape index (κ1) is 26.8. The van der Waals surface area contributed by atoms with Crippen molar-refractivity contribution in [2.45, 2.75) is 44.9 Å². The topological polar surface area (TPSA) is 105 Å². The molecule has 0 unspecified atom stereocenters. The number of likely N-dealkylation sites (tertiary alicyclic amines) is 2. The van der Waals surface area contributed by atoms with Gasteiger partial charge in [-0.15, -0.1) is 0 Å². The molecule has 37 heavy (non-hydrogen) atoms. The molecular weight excluding hydrogens is 468 g/mol. The molecule has 8 nitrogen and oxygen atoms in total. The normalized spacial score (nSPS) is 22.5. The van der Waals surface area contributed by atoms with Crippen molar-refractivity contribution in [3.63, 3.8) is 0 Å². The van der Waals surface area contributed by atoms with Gasteiger partial charge in [0.15, 0.2) is 0 Å². The quantitative estimate of drug-likeness (QED) is 0.541. The second-order valence-electron chi connectivity index (χ2n) is 11.0. The second kappa shape index (κ2) is 11.0. The van der Waals surface area contributed by atoms with E-state index in [9.17, 15) is 14.4 Å². The average molecular weight is 507 g/mol. The zero-order valence-electron chi connectivity index (χ0n) is 22.0. The summed E-state index contributed by atoms with van der Waals surface area (Å²) in [6, 6.07) is 18.7. The van der Waals surface area contributed by atoms with E-state index in [1.807, 2.05) is 67.7 Å². The Morgan fingerprint density at radius 2 is 1.73 bits per heavy atom. The fourth-order valence-corrected chi connectivity index (χ4v) is 5.47. The molecule has 8 heteroatoms. The smallest absolute Gasteiger partial charge is 0.247 e. The Bertz CT molecular complexity index is 1100. The van der Waals surface area contributed by atoms with E-state index in [-0.39, 0.29) is 24.3 Å². The van der Waals surface area contributed by atoms with Gasteiger partial charge in [-0.3, -0.25) is 14.4 Å². The van der Waals surface area contributed by atoms with Crippen LogP contribution in [0.2, 0.25) is 0 Å². The maximum atomic E-state index is 13.8. The maximum absolute atomic E-state index is 13.8. The predicted octanol–water partition coefficient (Wildman–Crippen LogP) is 1.97. The zero-order chi connectivity index (χ0) is 26.6. The Kier molecular flexibility index (Phi) is 7.99. The lowest BCUT2D eigenvalue weighted by molar-refractivity contribution is -0.147. The van der Waals surface area contributed by atoms with Gasteiger partial charge < -0.3 is 25.6 Å². The predicted molar refractivity (Wildman–Crippen MR) is 141 cm³/mol. The molecule has 2 fully saturated rings. The highest BCUT2D eigenvalue weighted by Gasteiger charge is 2.56. The third-order valence-electron chi connectivity index (χ3n) is 7.53. The van der Waals surface area contributed by atoms with Crippen molar-refractivity contribution in [1.29, 1.82) is 0 Å². The number of hydrogen-bond acceptors (Lipinski definition) is 5. The number of fused-ring (bicyclic) bond motifs is 1. The summed E-state index contributed by atoms with van der Waals surface area (Å²) in [6.07, 6.45) is 1.30. The second-order valence-corrected chi connectivity index (χ2v) is 11.0. The van der Waals surface area contributed by atoms with Crippen molar-refractivity contribution in [2.24, 2.45) is 17.1 Å². The van der Waals surface area contributed by atoms with E-state index < -0.39 is 22.9 Å². The number of carbonyl (C=O) groups is 3. The van der Waals surface area contributed by atoms with Crippen molar-refractivity contribution < 1.29 is 19.1 Å². The highest BCUT2D eigenvalue weighted by atomic mass is 16.5. The highest BCUT2D eigenvalue weighted by molar-refractivity contribution is 5.92. The van der Waals surface area contributed by atoms with Gasteiger partial charge in [0.2, 0.25) is 17.7 Å². The number of nitrogens with two attached hydrogens (primary N) is 1. The Morgan fingerprint density at radius 1 is 1.11 bits per heavy atom. The van der Waals surface area contributed by atoms with Gasteiger partial charge in [-0.25, -0.2) is 0 Å². The first-order valence-corrected chi connectivity index (χ1v) is 12.9. The number of nitrogens with one attached hydrogen (secondary N) is 1. The van der Waals surface area contributed by atoms with Gasteiger partial charge in [0, 0.05) is 26.7 Å². The number of amides is 3. The van der Waals surface area contributed by atoms with Crippen molar-refractivity contribution in [2.75, 3.05) is 33.3 Å². The van der Waals surface area contributed by atoms with Crippen LogP contribution in [0.1, 0.15) is 31.4 Å². The largest absolute Gasteiger partial charge is 0.374 e. The number of benzene rings is 2. The van der Waals surface area contributed by atoms with E-state index in [4.69, 9.17) is 10.5 Å². The summed E-state index contributed by atoms with van der Waals surface area (Å²) < 4.78 is 5.87. The van der Waals surface area contributed by atoms with E-state index in [0.29, 0.717) is 32.7 Å². The molecule has 2 aromatic rings. The minimum atomic E-state index is -1.15. The highest BCUT2D eigenvalue weighted by Crippen LogP contribution is 2.45. The Hall–Kier alpha value is -3.23. The van der Waals surface area contributed by atoms with E-state index in [2.05, 4.69) is 5.32 Å². The zero-order valence-corrected chi connectivity index (χ0v) is 22.0. The molecule has 0 spiro atoms. The molecule has 0 aliphatic carbocycles. The molecule has 4 rings (SSSR count). The molecule has 198 valence electrons. The first-order chi connectivity index (χ1) is 17.6. The summed E-state index contributed by atoms with van der Waals surface area (Å²) in [5.41, 5.74) is 6.22. The molecule has 0 bridgehead atoms. The summed E-state index contributed by atoms with van der Waals surface area (Å²) in [5, 5.41) is 2.81. The van der Waals surface area contributed by atoms with Gasteiger partial charge >= 0.3 is 0 Å². The Labute approximate surface area is 219 Å². The molecular formula is C29H38N4O4. The number of rotatable bonds is 9. The molecule has 2 saturated heterocycles. The van der Waals surface area contributed by atoms with Crippen LogP contribution in [0.4, 0.5) is 0 Å². The van der Waals surface area contributed by atoms with Crippen LogP contribution in [-0.2, 0) is 32.1 Å². The molecule has 3 amide bonds. The van der Waals surface area contributed by atoms with Gasteiger partial charge in [0.25, 0.3) is 0 Å². The Balaban J connectivity index is 1.53. The van der Waals surface area contributed by atoms with Crippen molar-refractivity contribution in [1.82, 2.24) is 15.1 Å². The van der Waals surface area contributed by atoms with Crippen molar-refractivity contribution >= 4 is 17.7 Å². The first-order valence-electron chi connectivity index (χ1n) is 12.9. The minimum absolute atomic E-state index is 0.00894. The third-order valence-corrected chi connectivity index (χ3v) is 7.53. The molecule has 0 radical (unpaired) electrons. The van der Waals surface area contributed by atoms with E-state index in [1.54, 1.807) is 23.6 Å². The molecule has 2 aliphatic rings. The van der Waals surface area contributed by atoms with Crippen LogP contribution in [0.25, 0.3) is 0 Å². The molecule has 3 atom stereocenters. The third kappa shape index (κ3) is 6.02. The number of piperidine rings is 1. The van der Waals surface area contributed by atoms with E-state index in [1.165, 1.54) is 0 Å². The summed E-state index contributed by atoms with van der Waals surface area (Å²) in [7, 11) is 1.84. The fraction of sp³-hybridized carbons (Fsp3) is 0.483. The van der Waals surface area contributed by atoms with Crippen LogP contribution in [-0.4, -0.2) is 72.4 Å². The van der Waals surface area contributed by atoms with Gasteiger partial charge in [0.05, 0.1) is 24.2 Å². The van der Waals surface area contributed by atoms with Crippen LogP contribution in [0.3, 0.4) is 0 Å². The number of ether oxygens (including phenoxy) is 1. The lowest BCUT2D eigenvalue weighted by Crippen LogP contribution is -2.61. The molecule has 2 heterocycles. The van der Waals surface area contributed by atoms with Crippen LogP contribution < -0.4 is 11.1 Å². The van der Waals surface area contributed by atoms with E-state index >= 15 is 0 Å². The summed E-state index contributed by atoms with van der Waals surface area (Å²) in [6.45, 7) is 5.05. The van der Waals surface area contributed by atoms with Crippen molar-refractivity contribution in [3.05, 3.63) is 71.8 Å². The van der Waals surface area contributed by atoms with Crippen molar-refractivity contribution in [3.8, 4) is 0 Å². The lowest BCUT2D eigenvalue weighted by atomic mass is 9.69. The van der Waals surface area contributed by atoms with Crippen LogP contribution in [0, 0.1) is 11.3 Å². The fourth-order valence-electron chi connectivity index (χ4n) is 5.47. The molecule has 0 saturated carbocycles. The van der Waals surface area contributed by atoms with E-state index in [0.717, 1.165) is 17.5 Å². The maximum Gasteiger partial charge on any atom is 0.247 e. The van der Waals surface area contributed by atoms with Gasteiger partial charge in [-0.1, -0.05) is 60.7 Å². The standard InChI is InChI=1S/C29H38N4O4/c1-28(2,30)26(35)31-24(19-37-18-22-12-8-5-9-13-22)25(34)33-15-14-23-17-32(3)27(36)29(23,20-33)16-21-10-6-4-7-11-21/h4-13,23-24H,14-20,30H2,1-3H3,(H,31,35)/t23-,24+,29+/m0/s1. The van der Waals surface area contributed by atoms with Crippen LogP contribution in [0.5, 0.6) is 0 Å². The number of nitrogens with zero attached hydrogens (tertiary/aromatic N) is 2. The average Bonchev–Trinajstić information content (AvgIpc) is 3.12. The van der Waals surface area contributed by atoms with Gasteiger partial charge in [0.1, 0.15) is 6.04 Å². The SMILES string of the molecule is CN1C[C@@H]2CCN(C(=O)[C@@H](COCc3ccccc3)NC(=O)C(C)(C)N)C[C@@]2(Cc2ccccc2)C1=O. The molecule has 3 N–H and O–H groups in total. The number of carbonyl (C=O) groups excluding carboxylic acids is 3. The number of hydrogen-bond donors (Lipinski definition) is 2. The van der Waals surface area contributed by atoms with Gasteiger partial charge in [-0.05, 0) is 43.7 Å². The summed E-state index contributed by atoms with van der Waals surface area (Å²) >= 11 is 0. The summed E-state index contributed by atoms with van der Waals surface area (Å²) in [4.78, 5) is 43.6. The minimum Gasteiger partial charge on any atom is -0.374 e. The lowest BCUT2D eigenvalue weighted by Gasteiger charge is -2.44. The molecule has 2 aromatic carbocycles.